The first kappa shape index (κ1) is 6.05. The first-order valence-electron chi connectivity index (χ1n) is 3.32. The molecule has 1 aliphatic rings. The fourth-order valence-electron chi connectivity index (χ4n) is 0.990. The Labute approximate surface area is 50.4 Å². The van der Waals surface area contributed by atoms with Crippen molar-refractivity contribution in [2.75, 3.05) is 6.54 Å². The van der Waals surface area contributed by atoms with E-state index >= 15 is 0 Å². The third-order valence-corrected chi connectivity index (χ3v) is 1.52. The Bertz CT molecular complexity index is 55.5. The fraction of sp³-hybridized carbons (Fsp3) is 1.00. The van der Waals surface area contributed by atoms with Gasteiger partial charge in [-0.25, -0.2) is 5.32 Å². The van der Waals surface area contributed by atoms with Crippen LogP contribution < -0.4 is 11.1 Å². The molecule has 47 valence electrons. The van der Waals surface area contributed by atoms with Crippen molar-refractivity contribution in [3.05, 3.63) is 0 Å². The molecule has 2 nitrogen and oxygen atoms in total. The maximum absolute atomic E-state index is 5.57. The predicted octanol–water partition coefficient (Wildman–Crippen LogP) is 0.450. The van der Waals surface area contributed by atoms with Crippen molar-refractivity contribution in [3.8, 4) is 0 Å². The van der Waals surface area contributed by atoms with Gasteiger partial charge in [0.2, 0.25) is 0 Å². The Balaban J connectivity index is 2.17. The highest BCUT2D eigenvalue weighted by Gasteiger charge is 2.05. The van der Waals surface area contributed by atoms with E-state index in [1.807, 2.05) is 0 Å². The van der Waals surface area contributed by atoms with Crippen LogP contribution in [0.5, 0.6) is 0 Å². The molecule has 1 saturated heterocycles. The Morgan fingerprint density at radius 3 is 3.00 bits per heavy atom. The summed E-state index contributed by atoms with van der Waals surface area (Å²) in [5.41, 5.74) is 5.57. The van der Waals surface area contributed by atoms with Gasteiger partial charge < -0.3 is 5.73 Å². The van der Waals surface area contributed by atoms with Gasteiger partial charge in [0.15, 0.2) is 0 Å². The summed E-state index contributed by atoms with van der Waals surface area (Å²) in [6.07, 6.45) is 5.08. The molecule has 0 aromatic carbocycles. The van der Waals surface area contributed by atoms with Gasteiger partial charge in [0.05, 0.1) is 6.17 Å². The monoisotopic (exact) mass is 113 g/mol. The number of nitrogens with two attached hydrogens (primary N) is 1. The zero-order valence-corrected chi connectivity index (χ0v) is 5.14. The maximum Gasteiger partial charge on any atom is 0.0710 e. The SMILES string of the molecule is NC1CCCCC[N]1. The van der Waals surface area contributed by atoms with Crippen LogP contribution >= 0.6 is 0 Å². The summed E-state index contributed by atoms with van der Waals surface area (Å²) in [5.74, 6) is 0. The van der Waals surface area contributed by atoms with Crippen LogP contribution in [0, 0.1) is 0 Å². The van der Waals surface area contributed by atoms with Crippen molar-refractivity contribution >= 4 is 0 Å². The van der Waals surface area contributed by atoms with Crippen molar-refractivity contribution in [2.24, 2.45) is 5.73 Å². The molecule has 2 N–H and O–H groups in total. The van der Waals surface area contributed by atoms with E-state index in [-0.39, 0.29) is 6.17 Å². The van der Waals surface area contributed by atoms with E-state index in [2.05, 4.69) is 5.32 Å². The fourth-order valence-corrected chi connectivity index (χ4v) is 0.990. The summed E-state index contributed by atoms with van der Waals surface area (Å²) >= 11 is 0. The lowest BCUT2D eigenvalue weighted by Gasteiger charge is -2.03. The van der Waals surface area contributed by atoms with Gasteiger partial charge in [0.1, 0.15) is 0 Å². The molecule has 1 aliphatic heterocycles. The van der Waals surface area contributed by atoms with E-state index < -0.39 is 0 Å². The van der Waals surface area contributed by atoms with Gasteiger partial charge in [-0.3, -0.25) is 0 Å². The molecule has 1 rings (SSSR count). The summed E-state index contributed by atoms with van der Waals surface area (Å²) < 4.78 is 0. The van der Waals surface area contributed by atoms with Crippen LogP contribution in [0.25, 0.3) is 0 Å². The summed E-state index contributed by atoms with van der Waals surface area (Å²) in [5, 5.41) is 4.20. The van der Waals surface area contributed by atoms with Crippen LogP contribution in [0.15, 0.2) is 0 Å². The van der Waals surface area contributed by atoms with E-state index in [0.29, 0.717) is 0 Å². The molecular weight excluding hydrogens is 100 g/mol. The van der Waals surface area contributed by atoms with Gasteiger partial charge in [-0.15, -0.1) is 0 Å². The molecule has 2 heteroatoms. The molecule has 0 aromatic heterocycles. The van der Waals surface area contributed by atoms with E-state index in [4.69, 9.17) is 5.73 Å². The zero-order chi connectivity index (χ0) is 5.82. The molecule has 1 heterocycles. The summed E-state index contributed by atoms with van der Waals surface area (Å²) in [4.78, 5) is 0. The van der Waals surface area contributed by atoms with Gasteiger partial charge >= 0.3 is 0 Å². The van der Waals surface area contributed by atoms with Crippen LogP contribution in [-0.2, 0) is 0 Å². The molecule has 0 spiro atoms. The number of rotatable bonds is 0. The van der Waals surface area contributed by atoms with Crippen LogP contribution in [0.3, 0.4) is 0 Å². The van der Waals surface area contributed by atoms with E-state index in [0.717, 1.165) is 13.0 Å². The third kappa shape index (κ3) is 1.80. The van der Waals surface area contributed by atoms with Crippen LogP contribution in [0.2, 0.25) is 0 Å². The number of nitrogens with zero attached hydrogens (tertiary/aromatic N) is 1. The standard InChI is InChI=1S/C6H13N2/c7-6-4-2-1-3-5-8-6/h6H,1-5,7H2. The first-order valence-corrected chi connectivity index (χ1v) is 3.32. The molecule has 0 saturated carbocycles. The number of hydrogen-bond donors (Lipinski definition) is 1. The second-order valence-corrected chi connectivity index (χ2v) is 2.32. The van der Waals surface area contributed by atoms with E-state index in [9.17, 15) is 0 Å². The summed E-state index contributed by atoms with van der Waals surface area (Å²) in [7, 11) is 0. The van der Waals surface area contributed by atoms with Crippen LogP contribution in [0.4, 0.5) is 0 Å². The second kappa shape index (κ2) is 3.05. The molecule has 1 unspecified atom stereocenters. The van der Waals surface area contributed by atoms with Gasteiger partial charge in [-0.05, 0) is 12.8 Å². The summed E-state index contributed by atoms with van der Waals surface area (Å²) in [6, 6.07) is 0. The summed E-state index contributed by atoms with van der Waals surface area (Å²) in [6.45, 7) is 0.987. The normalized spacial score (nSPS) is 31.9. The highest BCUT2D eigenvalue weighted by atomic mass is 15.0. The smallest absolute Gasteiger partial charge is 0.0710 e. The molecule has 1 atom stereocenters. The van der Waals surface area contributed by atoms with E-state index in [1.54, 1.807) is 0 Å². The Morgan fingerprint density at radius 1 is 1.25 bits per heavy atom. The third-order valence-electron chi connectivity index (χ3n) is 1.52. The molecule has 1 fully saturated rings. The first-order chi connectivity index (χ1) is 3.89. The van der Waals surface area contributed by atoms with Crippen molar-refractivity contribution in [1.82, 2.24) is 5.32 Å². The molecule has 0 amide bonds. The molecule has 1 radical (unpaired) electrons. The predicted molar refractivity (Wildman–Crippen MR) is 33.4 cm³/mol. The molecule has 0 aliphatic carbocycles. The van der Waals surface area contributed by atoms with Crippen molar-refractivity contribution < 1.29 is 0 Å². The molecular formula is C6H13N2. The number of hydrogen-bond acceptors (Lipinski definition) is 1. The zero-order valence-electron chi connectivity index (χ0n) is 5.14. The molecule has 0 bridgehead atoms. The minimum Gasteiger partial charge on any atom is -0.315 e. The highest BCUT2D eigenvalue weighted by molar-refractivity contribution is 4.62. The Hall–Kier alpha value is -0.0800. The lowest BCUT2D eigenvalue weighted by molar-refractivity contribution is 0.518. The van der Waals surface area contributed by atoms with Crippen LogP contribution in [-0.4, -0.2) is 12.7 Å². The minimum atomic E-state index is 0.150. The quantitative estimate of drug-likeness (QED) is 0.486. The van der Waals surface area contributed by atoms with Crippen LogP contribution in [0.1, 0.15) is 25.7 Å². The lowest BCUT2D eigenvalue weighted by atomic mass is 10.2. The van der Waals surface area contributed by atoms with Crippen molar-refractivity contribution in [3.63, 3.8) is 0 Å². The van der Waals surface area contributed by atoms with Gasteiger partial charge in [-0.2, -0.15) is 0 Å². The average Bonchev–Trinajstić information content (AvgIpc) is 1.94. The topological polar surface area (TPSA) is 40.1 Å². The van der Waals surface area contributed by atoms with Crippen molar-refractivity contribution in [2.45, 2.75) is 31.8 Å². The average molecular weight is 113 g/mol. The minimum absolute atomic E-state index is 0.150. The highest BCUT2D eigenvalue weighted by Crippen LogP contribution is 2.05. The Kier molecular flexibility index (Phi) is 2.30. The molecule has 0 aromatic rings. The Morgan fingerprint density at radius 2 is 2.12 bits per heavy atom. The van der Waals surface area contributed by atoms with Gasteiger partial charge in [0.25, 0.3) is 0 Å². The largest absolute Gasteiger partial charge is 0.315 e. The second-order valence-electron chi connectivity index (χ2n) is 2.32. The van der Waals surface area contributed by atoms with Gasteiger partial charge in [0, 0.05) is 6.54 Å². The van der Waals surface area contributed by atoms with Crippen molar-refractivity contribution in [1.29, 1.82) is 0 Å². The van der Waals surface area contributed by atoms with Gasteiger partial charge in [-0.1, -0.05) is 12.8 Å². The van der Waals surface area contributed by atoms with E-state index in [1.165, 1.54) is 19.3 Å². The lowest BCUT2D eigenvalue weighted by Crippen LogP contribution is -2.30. The maximum atomic E-state index is 5.57. The molecule has 8 heavy (non-hydrogen) atoms.